The molecule has 8 heteroatoms. The molecule has 0 bridgehead atoms. The van der Waals surface area contributed by atoms with Gasteiger partial charge in [-0.3, -0.25) is 9.59 Å². The molecule has 166 valence electrons. The molecule has 0 radical (unpaired) electrons. The summed E-state index contributed by atoms with van der Waals surface area (Å²) in [4.78, 5) is 27.2. The fourth-order valence-electron chi connectivity index (χ4n) is 3.67. The van der Waals surface area contributed by atoms with Crippen LogP contribution in [0.4, 0.5) is 17.2 Å². The molecule has 3 aromatic rings. The Morgan fingerprint density at radius 1 is 1.16 bits per heavy atom. The van der Waals surface area contributed by atoms with Gasteiger partial charge in [-0.1, -0.05) is 41.6 Å². The number of nitrogens with one attached hydrogen (secondary N) is 2. The fraction of sp³-hybridized carbons (Fsp3) is 0.292. The van der Waals surface area contributed by atoms with Gasteiger partial charge in [-0.25, -0.2) is 0 Å². The van der Waals surface area contributed by atoms with E-state index in [1.165, 1.54) is 23.0 Å². The van der Waals surface area contributed by atoms with Crippen molar-refractivity contribution < 1.29 is 14.1 Å². The topological polar surface area (TPSA) is 87.5 Å². The van der Waals surface area contributed by atoms with Gasteiger partial charge < -0.3 is 20.1 Å². The number of para-hydroxylation sites is 2. The van der Waals surface area contributed by atoms with Crippen molar-refractivity contribution in [3.05, 3.63) is 71.5 Å². The van der Waals surface area contributed by atoms with E-state index in [0.29, 0.717) is 11.6 Å². The molecular weight excluding hydrogens is 424 g/mol. The average molecular weight is 451 g/mol. The second kappa shape index (κ2) is 9.91. The third-order valence-corrected chi connectivity index (χ3v) is 6.49. The van der Waals surface area contributed by atoms with Crippen molar-refractivity contribution in [2.45, 2.75) is 32.1 Å². The van der Waals surface area contributed by atoms with E-state index in [9.17, 15) is 9.59 Å². The minimum atomic E-state index is -0.408. The highest BCUT2D eigenvalue weighted by Crippen LogP contribution is 2.30. The number of fused-ring (bicyclic) bond motifs is 1. The smallest absolute Gasteiger partial charge is 0.238 e. The molecule has 1 aliphatic heterocycles. The van der Waals surface area contributed by atoms with E-state index in [-0.39, 0.29) is 17.6 Å². The molecule has 1 atom stereocenters. The molecule has 2 N–H and O–H groups in total. The van der Waals surface area contributed by atoms with Crippen LogP contribution in [0.15, 0.2) is 59.1 Å². The van der Waals surface area contributed by atoms with E-state index < -0.39 is 5.25 Å². The SMILES string of the molecule is Cc1cc(NC(=O)C(C)SCC(=O)Nc2ccccc2CN2CCc3ccccc32)no1. The highest BCUT2D eigenvalue weighted by Gasteiger charge is 2.20. The molecule has 32 heavy (non-hydrogen) atoms. The quantitative estimate of drug-likeness (QED) is 0.534. The number of amides is 2. The predicted molar refractivity (Wildman–Crippen MR) is 128 cm³/mol. The van der Waals surface area contributed by atoms with Crippen LogP contribution >= 0.6 is 11.8 Å². The van der Waals surface area contributed by atoms with E-state index in [1.54, 1.807) is 19.9 Å². The number of hydrogen-bond donors (Lipinski definition) is 2. The Hall–Kier alpha value is -3.26. The van der Waals surface area contributed by atoms with Crippen molar-refractivity contribution >= 4 is 40.8 Å². The maximum Gasteiger partial charge on any atom is 0.238 e. The summed E-state index contributed by atoms with van der Waals surface area (Å²) < 4.78 is 4.95. The first-order chi connectivity index (χ1) is 15.5. The van der Waals surface area contributed by atoms with Crippen LogP contribution in [0.1, 0.15) is 23.8 Å². The Kier molecular flexibility index (Phi) is 6.80. The van der Waals surface area contributed by atoms with Crippen LogP contribution in [0.25, 0.3) is 0 Å². The number of thioether (sulfide) groups is 1. The van der Waals surface area contributed by atoms with Crippen molar-refractivity contribution in [3.63, 3.8) is 0 Å². The van der Waals surface area contributed by atoms with Crippen LogP contribution < -0.4 is 15.5 Å². The summed E-state index contributed by atoms with van der Waals surface area (Å²) in [5.41, 5.74) is 4.48. The van der Waals surface area contributed by atoms with Crippen molar-refractivity contribution in [1.29, 1.82) is 0 Å². The van der Waals surface area contributed by atoms with Gasteiger partial charge in [0, 0.05) is 30.5 Å². The van der Waals surface area contributed by atoms with Gasteiger partial charge in [0.2, 0.25) is 11.8 Å². The van der Waals surface area contributed by atoms with Crippen LogP contribution in [0.5, 0.6) is 0 Å². The van der Waals surface area contributed by atoms with Gasteiger partial charge in [-0.2, -0.15) is 0 Å². The number of carbonyl (C=O) groups excluding carboxylic acids is 2. The van der Waals surface area contributed by atoms with E-state index in [2.05, 4.69) is 45.0 Å². The lowest BCUT2D eigenvalue weighted by Gasteiger charge is -2.21. The van der Waals surface area contributed by atoms with E-state index in [0.717, 1.165) is 30.8 Å². The second-order valence-corrected chi connectivity index (χ2v) is 9.10. The van der Waals surface area contributed by atoms with Gasteiger partial charge in [-0.05, 0) is 43.5 Å². The zero-order valence-corrected chi connectivity index (χ0v) is 18.9. The summed E-state index contributed by atoms with van der Waals surface area (Å²) in [5.74, 6) is 0.816. The Balaban J connectivity index is 1.31. The zero-order chi connectivity index (χ0) is 22.5. The zero-order valence-electron chi connectivity index (χ0n) is 18.1. The first-order valence-corrected chi connectivity index (χ1v) is 11.6. The first kappa shape index (κ1) is 22.0. The van der Waals surface area contributed by atoms with Crippen molar-refractivity contribution in [2.24, 2.45) is 0 Å². The van der Waals surface area contributed by atoms with Crippen molar-refractivity contribution in [3.8, 4) is 0 Å². The lowest BCUT2D eigenvalue weighted by molar-refractivity contribution is -0.115. The van der Waals surface area contributed by atoms with Crippen molar-refractivity contribution in [1.82, 2.24) is 5.16 Å². The molecular formula is C24H26N4O3S. The second-order valence-electron chi connectivity index (χ2n) is 7.77. The van der Waals surface area contributed by atoms with Gasteiger partial charge in [0.05, 0.1) is 11.0 Å². The monoisotopic (exact) mass is 450 g/mol. The summed E-state index contributed by atoms with van der Waals surface area (Å²) >= 11 is 1.27. The number of benzene rings is 2. The Labute approximate surface area is 191 Å². The third kappa shape index (κ3) is 5.31. The van der Waals surface area contributed by atoms with Crippen LogP contribution in [0.2, 0.25) is 0 Å². The molecule has 0 fully saturated rings. The number of nitrogens with zero attached hydrogens (tertiary/aromatic N) is 2. The Morgan fingerprint density at radius 2 is 1.94 bits per heavy atom. The number of aromatic nitrogens is 1. The van der Waals surface area contributed by atoms with E-state index in [4.69, 9.17) is 4.52 Å². The summed E-state index contributed by atoms with van der Waals surface area (Å²) in [5, 5.41) is 9.05. The largest absolute Gasteiger partial charge is 0.367 e. The molecule has 2 aromatic carbocycles. The van der Waals surface area contributed by atoms with Gasteiger partial charge in [0.15, 0.2) is 5.82 Å². The molecule has 0 spiro atoms. The number of hydrogen-bond acceptors (Lipinski definition) is 6. The number of anilines is 3. The third-order valence-electron chi connectivity index (χ3n) is 5.35. The lowest BCUT2D eigenvalue weighted by atomic mass is 10.1. The predicted octanol–water partition coefficient (Wildman–Crippen LogP) is 4.24. The first-order valence-electron chi connectivity index (χ1n) is 10.6. The molecule has 1 aliphatic rings. The molecule has 1 unspecified atom stereocenters. The summed E-state index contributed by atoms with van der Waals surface area (Å²) in [7, 11) is 0. The minimum Gasteiger partial charge on any atom is -0.367 e. The number of carbonyl (C=O) groups is 2. The molecule has 0 aliphatic carbocycles. The minimum absolute atomic E-state index is 0.138. The summed E-state index contributed by atoms with van der Waals surface area (Å²) in [6, 6.07) is 18.0. The Bertz CT molecular complexity index is 1110. The van der Waals surface area contributed by atoms with Crippen LogP contribution in [-0.2, 0) is 22.6 Å². The van der Waals surface area contributed by atoms with Gasteiger partial charge in [0.1, 0.15) is 5.76 Å². The average Bonchev–Trinajstić information content (AvgIpc) is 3.39. The van der Waals surface area contributed by atoms with Crippen LogP contribution in [-0.4, -0.2) is 34.5 Å². The summed E-state index contributed by atoms with van der Waals surface area (Å²) in [6.45, 7) is 5.22. The normalized spacial score (nSPS) is 13.5. The molecule has 0 saturated carbocycles. The maximum atomic E-state index is 12.6. The Morgan fingerprint density at radius 3 is 2.75 bits per heavy atom. The highest BCUT2D eigenvalue weighted by atomic mass is 32.2. The number of rotatable bonds is 8. The maximum absolute atomic E-state index is 12.6. The van der Waals surface area contributed by atoms with Crippen molar-refractivity contribution in [2.75, 3.05) is 27.8 Å². The van der Waals surface area contributed by atoms with E-state index in [1.807, 2.05) is 24.3 Å². The standard InChI is InChI=1S/C24H26N4O3S/c1-16-13-22(27-31-16)26-24(30)17(2)32-15-23(29)25-20-9-5-3-8-19(20)14-28-12-11-18-7-4-6-10-21(18)28/h3-10,13,17H,11-12,14-15H2,1-2H3,(H,25,29)(H,26,27,30). The van der Waals surface area contributed by atoms with Gasteiger partial charge in [0.25, 0.3) is 0 Å². The van der Waals surface area contributed by atoms with Gasteiger partial charge >= 0.3 is 0 Å². The highest BCUT2D eigenvalue weighted by molar-refractivity contribution is 8.01. The number of aryl methyl sites for hydroxylation is 1. The molecule has 0 saturated heterocycles. The molecule has 1 aromatic heterocycles. The molecule has 2 amide bonds. The van der Waals surface area contributed by atoms with Gasteiger partial charge in [-0.15, -0.1) is 11.8 Å². The summed E-state index contributed by atoms with van der Waals surface area (Å²) in [6.07, 6.45) is 1.04. The molecule has 2 heterocycles. The fourth-order valence-corrected chi connectivity index (χ4v) is 4.36. The molecule has 7 nitrogen and oxygen atoms in total. The van der Waals surface area contributed by atoms with E-state index >= 15 is 0 Å². The van der Waals surface area contributed by atoms with Crippen LogP contribution in [0, 0.1) is 6.92 Å². The van der Waals surface area contributed by atoms with Crippen LogP contribution in [0.3, 0.4) is 0 Å². The lowest BCUT2D eigenvalue weighted by Crippen LogP contribution is -2.25. The molecule has 4 rings (SSSR count).